The number of benzene rings is 1. The number of anilines is 1. The molecule has 24 heavy (non-hydrogen) atoms. The Balaban J connectivity index is 1.85. The van der Waals surface area contributed by atoms with Gasteiger partial charge in [0, 0.05) is 38.8 Å². The molecule has 1 fully saturated rings. The molecule has 0 spiro atoms. The highest BCUT2D eigenvalue weighted by Gasteiger charge is 2.25. The molecule has 2 rings (SSSR count). The largest absolute Gasteiger partial charge is 0.469 e. The van der Waals surface area contributed by atoms with E-state index in [1.54, 1.807) is 7.05 Å². The summed E-state index contributed by atoms with van der Waals surface area (Å²) in [5.41, 5.74) is 0.398. The zero-order chi connectivity index (χ0) is 17.5. The number of carbonyl (C=O) groups is 1. The molecule has 1 unspecified atom stereocenters. The molecule has 132 valence electrons. The van der Waals surface area contributed by atoms with Crippen molar-refractivity contribution in [3.8, 4) is 0 Å². The zero-order valence-electron chi connectivity index (χ0n) is 13.8. The van der Waals surface area contributed by atoms with Crippen LogP contribution in [0.1, 0.15) is 12.8 Å². The third-order valence-electron chi connectivity index (χ3n) is 3.85. The molecule has 0 aliphatic carbocycles. The Labute approximate surface area is 139 Å². The van der Waals surface area contributed by atoms with Crippen molar-refractivity contribution in [1.29, 1.82) is 0 Å². The van der Waals surface area contributed by atoms with Crippen molar-refractivity contribution in [3.63, 3.8) is 0 Å². The Morgan fingerprint density at radius 2 is 2.25 bits per heavy atom. The predicted octanol–water partition coefficient (Wildman–Crippen LogP) is 1.27. The molecule has 1 aromatic rings. The van der Waals surface area contributed by atoms with Gasteiger partial charge in [0.05, 0.1) is 19.2 Å². The highest BCUT2D eigenvalue weighted by molar-refractivity contribution is 5.80. The van der Waals surface area contributed by atoms with E-state index in [1.807, 2.05) is 4.90 Å². The van der Waals surface area contributed by atoms with Crippen molar-refractivity contribution < 1.29 is 18.3 Å². The Hall–Kier alpha value is -2.38. The van der Waals surface area contributed by atoms with Gasteiger partial charge in [0.15, 0.2) is 5.96 Å². The Bertz CT molecular complexity index is 610. The number of hydrogen-bond donors (Lipinski definition) is 2. The van der Waals surface area contributed by atoms with Crippen LogP contribution in [0.25, 0.3) is 0 Å². The van der Waals surface area contributed by atoms with Gasteiger partial charge in [-0.1, -0.05) is 0 Å². The molecule has 0 radical (unpaired) electrons. The minimum absolute atomic E-state index is 0.0822. The van der Waals surface area contributed by atoms with Crippen LogP contribution < -0.4 is 15.5 Å². The van der Waals surface area contributed by atoms with Crippen molar-refractivity contribution in [3.05, 3.63) is 29.8 Å². The molecular weight excluding hydrogens is 318 g/mol. The molecule has 0 amide bonds. The molecule has 2 N–H and O–H groups in total. The second-order valence-corrected chi connectivity index (χ2v) is 5.50. The van der Waals surface area contributed by atoms with Crippen LogP contribution >= 0.6 is 0 Å². The van der Waals surface area contributed by atoms with E-state index >= 15 is 0 Å². The molecule has 1 atom stereocenters. The van der Waals surface area contributed by atoms with Gasteiger partial charge in [0.2, 0.25) is 0 Å². The Morgan fingerprint density at radius 1 is 1.46 bits per heavy atom. The molecule has 8 heteroatoms. The first-order valence-corrected chi connectivity index (χ1v) is 7.77. The van der Waals surface area contributed by atoms with Crippen molar-refractivity contribution >= 4 is 17.6 Å². The van der Waals surface area contributed by atoms with Crippen molar-refractivity contribution in [2.75, 3.05) is 38.7 Å². The highest BCUT2D eigenvalue weighted by atomic mass is 19.1. The van der Waals surface area contributed by atoms with Crippen LogP contribution in [-0.4, -0.2) is 51.8 Å². The minimum Gasteiger partial charge on any atom is -0.469 e. The summed E-state index contributed by atoms with van der Waals surface area (Å²) in [6.07, 6.45) is 1.04. The summed E-state index contributed by atoms with van der Waals surface area (Å²) in [5, 5.41) is 6.27. The fourth-order valence-corrected chi connectivity index (χ4v) is 2.61. The lowest BCUT2D eigenvalue weighted by molar-refractivity contribution is -0.140. The van der Waals surface area contributed by atoms with Gasteiger partial charge in [-0.25, -0.2) is 8.78 Å². The SMILES string of the molecule is CN=C(NCCC(=O)OC)NC1CCN(c2ccc(F)cc2F)C1. The summed E-state index contributed by atoms with van der Waals surface area (Å²) in [5.74, 6) is -0.862. The lowest BCUT2D eigenvalue weighted by Crippen LogP contribution is -2.45. The van der Waals surface area contributed by atoms with Gasteiger partial charge in [-0.05, 0) is 18.6 Å². The summed E-state index contributed by atoms with van der Waals surface area (Å²) in [4.78, 5) is 17.1. The fourth-order valence-electron chi connectivity index (χ4n) is 2.61. The standard InChI is InChI=1S/C16H22F2N4O2/c1-19-16(20-7-5-15(23)24-2)21-12-6-8-22(10-12)14-4-3-11(17)9-13(14)18/h3-4,9,12H,5-8,10H2,1-2H3,(H2,19,20,21). The third-order valence-corrected chi connectivity index (χ3v) is 3.85. The number of rotatable bonds is 5. The van der Waals surface area contributed by atoms with Gasteiger partial charge in [-0.15, -0.1) is 0 Å². The van der Waals surface area contributed by atoms with E-state index < -0.39 is 11.6 Å². The molecule has 1 aromatic carbocycles. The van der Waals surface area contributed by atoms with E-state index in [2.05, 4.69) is 20.4 Å². The first kappa shape index (κ1) is 18.0. The Morgan fingerprint density at radius 3 is 2.92 bits per heavy atom. The summed E-state index contributed by atoms with van der Waals surface area (Å²) >= 11 is 0. The van der Waals surface area contributed by atoms with Gasteiger partial charge >= 0.3 is 5.97 Å². The molecule has 0 bridgehead atoms. The molecule has 1 heterocycles. The van der Waals surface area contributed by atoms with Crippen LogP contribution in [0, 0.1) is 11.6 Å². The van der Waals surface area contributed by atoms with E-state index in [0.717, 1.165) is 12.5 Å². The lowest BCUT2D eigenvalue weighted by atomic mass is 10.2. The molecule has 1 saturated heterocycles. The maximum atomic E-state index is 13.9. The third kappa shape index (κ3) is 4.81. The smallest absolute Gasteiger partial charge is 0.307 e. The molecular formula is C16H22F2N4O2. The normalized spacial score (nSPS) is 17.8. The summed E-state index contributed by atoms with van der Waals surface area (Å²) < 4.78 is 31.4. The van der Waals surface area contributed by atoms with Crippen LogP contribution in [0.15, 0.2) is 23.2 Å². The zero-order valence-corrected chi connectivity index (χ0v) is 13.8. The van der Waals surface area contributed by atoms with Crippen LogP contribution in [0.4, 0.5) is 14.5 Å². The maximum absolute atomic E-state index is 13.9. The molecule has 0 saturated carbocycles. The van der Waals surface area contributed by atoms with Gasteiger partial charge < -0.3 is 20.3 Å². The fraction of sp³-hybridized carbons (Fsp3) is 0.500. The maximum Gasteiger partial charge on any atom is 0.307 e. The topological polar surface area (TPSA) is 66.0 Å². The highest BCUT2D eigenvalue weighted by Crippen LogP contribution is 2.24. The summed E-state index contributed by atoms with van der Waals surface area (Å²) in [6.45, 7) is 1.66. The van der Waals surface area contributed by atoms with Gasteiger partial charge in [-0.3, -0.25) is 9.79 Å². The van der Waals surface area contributed by atoms with Crippen molar-refractivity contribution in [2.24, 2.45) is 4.99 Å². The van der Waals surface area contributed by atoms with Gasteiger partial charge in [0.25, 0.3) is 0 Å². The number of ether oxygens (including phenoxy) is 1. The average molecular weight is 340 g/mol. The lowest BCUT2D eigenvalue weighted by Gasteiger charge is -2.20. The van der Waals surface area contributed by atoms with Crippen LogP contribution in [0.2, 0.25) is 0 Å². The molecule has 0 aromatic heterocycles. The number of halogens is 2. The van der Waals surface area contributed by atoms with E-state index in [1.165, 1.54) is 19.2 Å². The number of carbonyl (C=O) groups excluding carboxylic acids is 1. The van der Waals surface area contributed by atoms with Crippen LogP contribution in [0.3, 0.4) is 0 Å². The number of nitrogens with zero attached hydrogens (tertiary/aromatic N) is 2. The molecule has 6 nitrogen and oxygen atoms in total. The van der Waals surface area contributed by atoms with Gasteiger partial charge in [0.1, 0.15) is 11.6 Å². The van der Waals surface area contributed by atoms with Crippen LogP contribution in [0.5, 0.6) is 0 Å². The number of hydrogen-bond acceptors (Lipinski definition) is 4. The summed E-state index contributed by atoms with van der Waals surface area (Å²) in [6, 6.07) is 3.69. The predicted molar refractivity (Wildman–Crippen MR) is 88.1 cm³/mol. The number of nitrogens with one attached hydrogen (secondary N) is 2. The first-order valence-electron chi connectivity index (χ1n) is 7.77. The van der Waals surface area contributed by atoms with Crippen molar-refractivity contribution in [2.45, 2.75) is 18.9 Å². The number of guanidine groups is 1. The quantitative estimate of drug-likeness (QED) is 0.480. The Kier molecular flexibility index (Phi) is 6.34. The number of esters is 1. The van der Waals surface area contributed by atoms with E-state index in [4.69, 9.17) is 0 Å². The van der Waals surface area contributed by atoms with E-state index in [9.17, 15) is 13.6 Å². The number of aliphatic imine (C=N–C) groups is 1. The number of methoxy groups -OCH3 is 1. The van der Waals surface area contributed by atoms with Gasteiger partial charge in [-0.2, -0.15) is 0 Å². The molecule has 1 aliphatic heterocycles. The van der Waals surface area contributed by atoms with E-state index in [-0.39, 0.29) is 18.4 Å². The van der Waals surface area contributed by atoms with Crippen molar-refractivity contribution in [1.82, 2.24) is 10.6 Å². The monoisotopic (exact) mass is 340 g/mol. The second kappa shape index (κ2) is 8.47. The summed E-state index contributed by atoms with van der Waals surface area (Å²) in [7, 11) is 2.98. The van der Waals surface area contributed by atoms with Crippen LogP contribution in [-0.2, 0) is 9.53 Å². The average Bonchev–Trinajstić information content (AvgIpc) is 3.01. The van der Waals surface area contributed by atoms with E-state index in [0.29, 0.717) is 31.3 Å². The molecule has 1 aliphatic rings. The second-order valence-electron chi connectivity index (χ2n) is 5.50. The minimum atomic E-state index is -0.583. The first-order chi connectivity index (χ1) is 11.5.